The second-order valence-corrected chi connectivity index (χ2v) is 6.57. The van der Waals surface area contributed by atoms with Crippen LogP contribution in [-0.4, -0.2) is 30.6 Å². The topological polar surface area (TPSA) is 55.8 Å². The molecule has 1 aliphatic rings. The SMILES string of the molecule is CC(C)(Oc1ccc(F)cc1)C(=O)OCC(=O)N1CCc2ccccc21. The van der Waals surface area contributed by atoms with Gasteiger partial charge in [-0.25, -0.2) is 9.18 Å². The maximum atomic E-state index is 13.0. The van der Waals surface area contributed by atoms with Crippen LogP contribution >= 0.6 is 0 Å². The van der Waals surface area contributed by atoms with Crippen LogP contribution in [-0.2, 0) is 20.7 Å². The Labute approximate surface area is 151 Å². The summed E-state index contributed by atoms with van der Waals surface area (Å²) < 4.78 is 23.7. The number of para-hydroxylation sites is 1. The number of amides is 1. The fourth-order valence-corrected chi connectivity index (χ4v) is 2.82. The zero-order valence-corrected chi connectivity index (χ0v) is 14.7. The summed E-state index contributed by atoms with van der Waals surface area (Å²) in [6.07, 6.45) is 0.787. The second kappa shape index (κ2) is 7.15. The van der Waals surface area contributed by atoms with E-state index in [0.29, 0.717) is 12.3 Å². The van der Waals surface area contributed by atoms with E-state index in [1.54, 1.807) is 4.90 Å². The average molecular weight is 357 g/mol. The van der Waals surface area contributed by atoms with Crippen molar-refractivity contribution in [3.63, 3.8) is 0 Å². The molecule has 2 aromatic carbocycles. The van der Waals surface area contributed by atoms with Crippen LogP contribution in [0.2, 0.25) is 0 Å². The Morgan fingerprint density at radius 2 is 1.81 bits per heavy atom. The molecule has 0 unspecified atom stereocenters. The van der Waals surface area contributed by atoms with Crippen molar-refractivity contribution in [3.8, 4) is 5.75 Å². The molecule has 6 heteroatoms. The van der Waals surface area contributed by atoms with Crippen LogP contribution in [0.5, 0.6) is 5.75 Å². The molecule has 0 atom stereocenters. The fourth-order valence-electron chi connectivity index (χ4n) is 2.82. The van der Waals surface area contributed by atoms with E-state index < -0.39 is 17.4 Å². The molecule has 5 nitrogen and oxygen atoms in total. The van der Waals surface area contributed by atoms with Crippen LogP contribution in [0.3, 0.4) is 0 Å². The first-order chi connectivity index (χ1) is 12.4. The standard InChI is InChI=1S/C20H20FNO4/c1-20(2,26-16-9-7-15(21)8-10-16)19(24)25-13-18(23)22-12-11-14-5-3-4-6-17(14)22/h3-10H,11-13H2,1-2H3. The predicted molar refractivity (Wildman–Crippen MR) is 94.6 cm³/mol. The highest BCUT2D eigenvalue weighted by Crippen LogP contribution is 2.27. The summed E-state index contributed by atoms with van der Waals surface area (Å²) in [5.41, 5.74) is 0.656. The molecule has 0 aromatic heterocycles. The number of ether oxygens (including phenoxy) is 2. The lowest BCUT2D eigenvalue weighted by Crippen LogP contribution is -2.42. The number of benzene rings is 2. The predicted octanol–water partition coefficient (Wildman–Crippen LogP) is 3.12. The van der Waals surface area contributed by atoms with Gasteiger partial charge in [-0.3, -0.25) is 4.79 Å². The largest absolute Gasteiger partial charge is 0.476 e. The zero-order chi connectivity index (χ0) is 18.7. The molecule has 0 aliphatic carbocycles. The van der Waals surface area contributed by atoms with E-state index in [1.165, 1.54) is 38.1 Å². The second-order valence-electron chi connectivity index (χ2n) is 6.57. The maximum Gasteiger partial charge on any atom is 0.350 e. The molecule has 0 spiro atoms. The lowest BCUT2D eigenvalue weighted by atomic mass is 10.1. The number of fused-ring (bicyclic) bond motifs is 1. The normalized spacial score (nSPS) is 13.3. The average Bonchev–Trinajstić information content (AvgIpc) is 3.05. The van der Waals surface area contributed by atoms with E-state index in [0.717, 1.165) is 17.7 Å². The first-order valence-electron chi connectivity index (χ1n) is 8.37. The summed E-state index contributed by atoms with van der Waals surface area (Å²) in [6, 6.07) is 13.0. The maximum absolute atomic E-state index is 13.0. The van der Waals surface area contributed by atoms with E-state index in [1.807, 2.05) is 24.3 Å². The van der Waals surface area contributed by atoms with Gasteiger partial charge in [-0.05, 0) is 56.2 Å². The lowest BCUT2D eigenvalue weighted by Gasteiger charge is -2.25. The number of halogens is 1. The highest BCUT2D eigenvalue weighted by Gasteiger charge is 2.33. The van der Waals surface area contributed by atoms with Crippen LogP contribution in [0.4, 0.5) is 10.1 Å². The molecule has 0 fully saturated rings. The highest BCUT2D eigenvalue weighted by atomic mass is 19.1. The van der Waals surface area contributed by atoms with E-state index in [9.17, 15) is 14.0 Å². The van der Waals surface area contributed by atoms with Crippen molar-refractivity contribution in [1.29, 1.82) is 0 Å². The first kappa shape index (κ1) is 17.9. The summed E-state index contributed by atoms with van der Waals surface area (Å²) in [6.45, 7) is 3.29. The van der Waals surface area contributed by atoms with E-state index in [4.69, 9.17) is 9.47 Å². The molecule has 1 aliphatic heterocycles. The minimum atomic E-state index is -1.30. The summed E-state index contributed by atoms with van der Waals surface area (Å²) in [7, 11) is 0. The number of hydrogen-bond donors (Lipinski definition) is 0. The van der Waals surface area contributed by atoms with E-state index in [2.05, 4.69) is 0 Å². The van der Waals surface area contributed by atoms with Gasteiger partial charge in [-0.2, -0.15) is 0 Å². The first-order valence-corrected chi connectivity index (χ1v) is 8.37. The molecule has 26 heavy (non-hydrogen) atoms. The number of anilines is 1. The Hall–Kier alpha value is -2.89. The molecule has 3 rings (SSSR count). The smallest absolute Gasteiger partial charge is 0.350 e. The van der Waals surface area contributed by atoms with Gasteiger partial charge in [0, 0.05) is 12.2 Å². The van der Waals surface area contributed by atoms with Crippen LogP contribution in [0.25, 0.3) is 0 Å². The number of hydrogen-bond acceptors (Lipinski definition) is 4. The third-order valence-corrected chi connectivity index (χ3v) is 4.19. The van der Waals surface area contributed by atoms with Gasteiger partial charge in [0.2, 0.25) is 0 Å². The number of carbonyl (C=O) groups is 2. The van der Waals surface area contributed by atoms with Gasteiger partial charge >= 0.3 is 5.97 Å². The minimum Gasteiger partial charge on any atom is -0.476 e. The van der Waals surface area contributed by atoms with Crippen molar-refractivity contribution < 1.29 is 23.5 Å². The number of rotatable bonds is 5. The summed E-state index contributed by atoms with van der Waals surface area (Å²) >= 11 is 0. The minimum absolute atomic E-state index is 0.277. The monoisotopic (exact) mass is 357 g/mol. The van der Waals surface area contributed by atoms with Crippen molar-refractivity contribution in [3.05, 3.63) is 59.9 Å². The zero-order valence-electron chi connectivity index (χ0n) is 14.7. The molecular formula is C20H20FNO4. The Morgan fingerprint density at radius 3 is 2.54 bits per heavy atom. The van der Waals surface area contributed by atoms with Crippen LogP contribution in [0.1, 0.15) is 19.4 Å². The molecule has 0 saturated heterocycles. The van der Waals surface area contributed by atoms with Gasteiger partial charge in [0.05, 0.1) is 0 Å². The van der Waals surface area contributed by atoms with Crippen LogP contribution < -0.4 is 9.64 Å². The third kappa shape index (κ3) is 3.85. The van der Waals surface area contributed by atoms with Crippen molar-refractivity contribution >= 4 is 17.6 Å². The van der Waals surface area contributed by atoms with Crippen molar-refractivity contribution in [2.24, 2.45) is 0 Å². The molecule has 0 radical (unpaired) electrons. The summed E-state index contributed by atoms with van der Waals surface area (Å²) in [4.78, 5) is 26.3. The van der Waals surface area contributed by atoms with Gasteiger partial charge in [0.15, 0.2) is 12.2 Å². The summed E-state index contributed by atoms with van der Waals surface area (Å²) in [5, 5.41) is 0. The third-order valence-electron chi connectivity index (χ3n) is 4.19. The fraction of sp³-hybridized carbons (Fsp3) is 0.300. The lowest BCUT2D eigenvalue weighted by molar-refractivity contribution is -0.161. The molecule has 1 amide bonds. The quantitative estimate of drug-likeness (QED) is 0.772. The van der Waals surface area contributed by atoms with Crippen LogP contribution in [0, 0.1) is 5.82 Å². The molecule has 0 saturated carbocycles. The van der Waals surface area contributed by atoms with Gasteiger partial charge in [-0.15, -0.1) is 0 Å². The number of esters is 1. The Morgan fingerprint density at radius 1 is 1.12 bits per heavy atom. The Kier molecular flexibility index (Phi) is 4.93. The van der Waals surface area contributed by atoms with E-state index in [-0.39, 0.29) is 12.5 Å². The van der Waals surface area contributed by atoms with Crippen molar-refractivity contribution in [2.45, 2.75) is 25.9 Å². The van der Waals surface area contributed by atoms with Gasteiger partial charge < -0.3 is 14.4 Å². The van der Waals surface area contributed by atoms with Crippen molar-refractivity contribution in [1.82, 2.24) is 0 Å². The molecule has 136 valence electrons. The van der Waals surface area contributed by atoms with Crippen LogP contribution in [0.15, 0.2) is 48.5 Å². The molecular weight excluding hydrogens is 337 g/mol. The summed E-state index contributed by atoms with van der Waals surface area (Å²) in [5.74, 6) is -0.995. The highest BCUT2D eigenvalue weighted by molar-refractivity contribution is 5.97. The Balaban J connectivity index is 1.57. The molecule has 0 N–H and O–H groups in total. The van der Waals surface area contributed by atoms with Gasteiger partial charge in [0.25, 0.3) is 5.91 Å². The Bertz CT molecular complexity index is 817. The van der Waals surface area contributed by atoms with Gasteiger partial charge in [-0.1, -0.05) is 18.2 Å². The molecule has 1 heterocycles. The number of carbonyl (C=O) groups excluding carboxylic acids is 2. The van der Waals surface area contributed by atoms with Crippen molar-refractivity contribution in [2.75, 3.05) is 18.1 Å². The molecule has 2 aromatic rings. The van der Waals surface area contributed by atoms with Gasteiger partial charge in [0.1, 0.15) is 11.6 Å². The molecule has 0 bridgehead atoms. The number of nitrogens with zero attached hydrogens (tertiary/aromatic N) is 1. The van der Waals surface area contributed by atoms with E-state index >= 15 is 0 Å².